The fourth-order valence-electron chi connectivity index (χ4n) is 1.13. The topological polar surface area (TPSA) is 47.6 Å². The van der Waals surface area contributed by atoms with Crippen molar-refractivity contribution in [3.05, 3.63) is 20.3 Å². The first-order chi connectivity index (χ1) is 6.16. The molecule has 0 amide bonds. The van der Waals surface area contributed by atoms with Gasteiger partial charge in [-0.2, -0.15) is 0 Å². The van der Waals surface area contributed by atoms with E-state index >= 15 is 0 Å². The average Bonchev–Trinajstić information content (AvgIpc) is 2.58. The largest absolute Gasteiger partial charge is 0.463 e. The predicted octanol–water partition coefficient (Wildman–Crippen LogP) is 2.44. The van der Waals surface area contributed by atoms with Crippen LogP contribution in [0, 0.1) is 0 Å². The van der Waals surface area contributed by atoms with E-state index in [9.17, 15) is 0 Å². The smallest absolute Gasteiger partial charge is 0.282 e. The molecule has 0 aliphatic carbocycles. The monoisotopic (exact) mass is 236 g/mol. The third-order valence-electron chi connectivity index (χ3n) is 1.71. The number of amidine groups is 1. The lowest BCUT2D eigenvalue weighted by Gasteiger charge is -2.01. The number of hydrogen-bond donors (Lipinski definition) is 1. The summed E-state index contributed by atoms with van der Waals surface area (Å²) in [4.78, 5) is 4.07. The quantitative estimate of drug-likeness (QED) is 0.815. The summed E-state index contributed by atoms with van der Waals surface area (Å²) in [5.74, 6) is 0. The van der Waals surface area contributed by atoms with Crippen molar-refractivity contribution in [2.24, 2.45) is 10.7 Å². The Morgan fingerprint density at radius 1 is 1.62 bits per heavy atom. The summed E-state index contributed by atoms with van der Waals surface area (Å²) in [5.41, 5.74) is 6.26. The van der Waals surface area contributed by atoms with Gasteiger partial charge in [0.15, 0.2) is 0 Å². The normalized spacial score (nSPS) is 21.4. The summed E-state index contributed by atoms with van der Waals surface area (Å²) >= 11 is 13.1. The van der Waals surface area contributed by atoms with E-state index in [4.69, 9.17) is 33.7 Å². The number of rotatable bonds is 1. The number of aliphatic imine (C=N–C) groups is 1. The minimum Gasteiger partial charge on any atom is -0.463 e. The van der Waals surface area contributed by atoms with E-state index in [0.717, 1.165) is 5.56 Å². The van der Waals surface area contributed by atoms with E-state index in [-0.39, 0.29) is 12.1 Å². The van der Waals surface area contributed by atoms with Gasteiger partial charge in [0.1, 0.15) is 12.6 Å². The summed E-state index contributed by atoms with van der Waals surface area (Å²) in [6, 6.07) is 1.91. The second-order valence-electron chi connectivity index (χ2n) is 2.57. The van der Waals surface area contributed by atoms with Gasteiger partial charge in [-0.05, 0) is 6.07 Å². The van der Waals surface area contributed by atoms with Crippen LogP contribution in [0.3, 0.4) is 0 Å². The number of halogens is 2. The Hall–Kier alpha value is -0.450. The molecule has 0 bridgehead atoms. The SMILES string of the molecule is NC1=NC(c2cc(Cl)sc2Cl)CO1. The van der Waals surface area contributed by atoms with E-state index in [1.54, 1.807) is 6.07 Å². The highest BCUT2D eigenvalue weighted by Crippen LogP contribution is 2.37. The maximum absolute atomic E-state index is 5.94. The molecule has 6 heteroatoms. The summed E-state index contributed by atoms with van der Waals surface area (Å²) in [7, 11) is 0. The third kappa shape index (κ3) is 1.75. The van der Waals surface area contributed by atoms with Gasteiger partial charge < -0.3 is 10.5 Å². The Balaban J connectivity index is 2.31. The number of nitrogens with zero attached hydrogens (tertiary/aromatic N) is 1. The minimum atomic E-state index is -0.101. The Kier molecular flexibility index (Phi) is 2.36. The minimum absolute atomic E-state index is 0.101. The van der Waals surface area contributed by atoms with Crippen LogP contribution in [0.2, 0.25) is 8.67 Å². The lowest BCUT2D eigenvalue weighted by Crippen LogP contribution is -2.10. The molecule has 2 N–H and O–H groups in total. The van der Waals surface area contributed by atoms with E-state index in [1.807, 2.05) is 0 Å². The number of hydrogen-bond acceptors (Lipinski definition) is 4. The molecule has 1 aliphatic heterocycles. The molecular weight excluding hydrogens is 231 g/mol. The second-order valence-corrected chi connectivity index (χ2v) is 4.86. The van der Waals surface area contributed by atoms with Crippen molar-refractivity contribution in [1.82, 2.24) is 0 Å². The molecule has 1 unspecified atom stereocenters. The lowest BCUT2D eigenvalue weighted by molar-refractivity contribution is 0.315. The molecule has 1 aromatic rings. The van der Waals surface area contributed by atoms with Crippen molar-refractivity contribution in [2.45, 2.75) is 6.04 Å². The molecule has 0 fully saturated rings. The van der Waals surface area contributed by atoms with Crippen LogP contribution >= 0.6 is 34.5 Å². The Morgan fingerprint density at radius 3 is 2.85 bits per heavy atom. The highest BCUT2D eigenvalue weighted by atomic mass is 35.5. The molecule has 0 spiro atoms. The number of nitrogens with two attached hydrogens (primary N) is 1. The molecule has 2 heterocycles. The number of ether oxygens (including phenoxy) is 1. The van der Waals surface area contributed by atoms with Gasteiger partial charge in [-0.1, -0.05) is 23.2 Å². The van der Waals surface area contributed by atoms with Crippen LogP contribution in [-0.2, 0) is 4.74 Å². The van der Waals surface area contributed by atoms with Gasteiger partial charge in [-0.15, -0.1) is 11.3 Å². The van der Waals surface area contributed by atoms with Crippen LogP contribution in [0.4, 0.5) is 0 Å². The summed E-state index contributed by atoms with van der Waals surface area (Å²) in [6.07, 6.45) is 0. The number of thiophene rings is 1. The Bertz CT molecular complexity index is 363. The molecule has 0 aromatic carbocycles. The van der Waals surface area contributed by atoms with Crippen molar-refractivity contribution in [3.63, 3.8) is 0 Å². The molecule has 0 saturated heterocycles. The molecule has 1 aromatic heterocycles. The van der Waals surface area contributed by atoms with E-state index in [1.165, 1.54) is 11.3 Å². The zero-order valence-corrected chi connectivity index (χ0v) is 8.79. The fraction of sp³-hybridized carbons (Fsp3) is 0.286. The molecule has 0 radical (unpaired) electrons. The van der Waals surface area contributed by atoms with Crippen molar-refractivity contribution in [3.8, 4) is 0 Å². The Labute approximate surface area is 89.1 Å². The van der Waals surface area contributed by atoms with Crippen molar-refractivity contribution >= 4 is 40.6 Å². The molecule has 1 aliphatic rings. The molecule has 0 saturated carbocycles. The van der Waals surface area contributed by atoms with Crippen LogP contribution < -0.4 is 5.73 Å². The van der Waals surface area contributed by atoms with Crippen LogP contribution in [0.15, 0.2) is 11.1 Å². The molecule has 3 nitrogen and oxygen atoms in total. The zero-order valence-electron chi connectivity index (χ0n) is 6.46. The van der Waals surface area contributed by atoms with Crippen molar-refractivity contribution in [2.75, 3.05) is 6.61 Å². The van der Waals surface area contributed by atoms with E-state index in [0.29, 0.717) is 15.3 Å². The molecule has 2 rings (SSSR count). The first-order valence-electron chi connectivity index (χ1n) is 3.57. The van der Waals surface area contributed by atoms with Crippen LogP contribution in [0.25, 0.3) is 0 Å². The van der Waals surface area contributed by atoms with Gasteiger partial charge in [0.25, 0.3) is 6.02 Å². The lowest BCUT2D eigenvalue weighted by atomic mass is 10.2. The molecule has 70 valence electrons. The maximum atomic E-state index is 5.94. The first kappa shape index (κ1) is 9.12. The van der Waals surface area contributed by atoms with Gasteiger partial charge in [-0.25, -0.2) is 4.99 Å². The summed E-state index contributed by atoms with van der Waals surface area (Å²) in [5, 5.41) is 0. The fourth-order valence-corrected chi connectivity index (χ4v) is 2.70. The second kappa shape index (κ2) is 3.36. The van der Waals surface area contributed by atoms with Crippen LogP contribution in [0.1, 0.15) is 11.6 Å². The predicted molar refractivity (Wildman–Crippen MR) is 54.7 cm³/mol. The summed E-state index contributed by atoms with van der Waals surface area (Å²) < 4.78 is 6.32. The summed E-state index contributed by atoms with van der Waals surface area (Å²) in [6.45, 7) is 0.443. The first-order valence-corrected chi connectivity index (χ1v) is 5.15. The van der Waals surface area contributed by atoms with Crippen molar-refractivity contribution in [1.29, 1.82) is 0 Å². The van der Waals surface area contributed by atoms with Gasteiger partial charge in [-0.3, -0.25) is 0 Å². The highest BCUT2D eigenvalue weighted by Gasteiger charge is 2.22. The Morgan fingerprint density at radius 2 is 2.38 bits per heavy atom. The molecule has 1 atom stereocenters. The van der Waals surface area contributed by atoms with E-state index < -0.39 is 0 Å². The molecular formula is C7H6Cl2N2OS. The standard InChI is InChI=1S/C7H6Cl2N2OS/c8-5-1-3(6(9)13-5)4-2-12-7(10)11-4/h1,4H,2H2,(H2,10,11). The van der Waals surface area contributed by atoms with Crippen LogP contribution in [0.5, 0.6) is 0 Å². The zero-order chi connectivity index (χ0) is 9.42. The maximum Gasteiger partial charge on any atom is 0.282 e. The highest BCUT2D eigenvalue weighted by molar-refractivity contribution is 7.20. The van der Waals surface area contributed by atoms with Gasteiger partial charge in [0.05, 0.1) is 8.67 Å². The van der Waals surface area contributed by atoms with E-state index in [2.05, 4.69) is 4.99 Å². The van der Waals surface area contributed by atoms with Gasteiger partial charge in [0.2, 0.25) is 0 Å². The van der Waals surface area contributed by atoms with Gasteiger partial charge >= 0.3 is 0 Å². The average molecular weight is 237 g/mol. The van der Waals surface area contributed by atoms with Crippen LogP contribution in [-0.4, -0.2) is 12.6 Å². The van der Waals surface area contributed by atoms with Gasteiger partial charge in [0, 0.05) is 5.56 Å². The van der Waals surface area contributed by atoms with Crippen molar-refractivity contribution < 1.29 is 4.74 Å². The third-order valence-corrected chi connectivity index (χ3v) is 3.23. The molecule has 13 heavy (non-hydrogen) atoms.